The predicted octanol–water partition coefficient (Wildman–Crippen LogP) is 3.14. The van der Waals surface area contributed by atoms with Crippen LogP contribution >= 0.6 is 36.2 Å². The summed E-state index contributed by atoms with van der Waals surface area (Å²) in [6.07, 6.45) is 0. The maximum Gasteiger partial charge on any atom is 0.0812 e. The van der Waals surface area contributed by atoms with Gasteiger partial charge < -0.3 is 0 Å². The van der Waals surface area contributed by atoms with Gasteiger partial charge in [0.05, 0.1) is 15.7 Å². The lowest BCUT2D eigenvalue weighted by atomic mass is 10.3. The van der Waals surface area contributed by atoms with Crippen molar-refractivity contribution in [3.63, 3.8) is 0 Å². The number of halogens is 2. The standard InChI is InChI=1S/C7H5NS.2ClH/c1-2-4-7-6(3-1)8-5-9-7;;/h1-5H;2*1H. The van der Waals surface area contributed by atoms with E-state index >= 15 is 0 Å². The van der Waals surface area contributed by atoms with Crippen LogP contribution in [0, 0.1) is 0 Å². The topological polar surface area (TPSA) is 12.9 Å². The monoisotopic (exact) mass is 207 g/mol. The van der Waals surface area contributed by atoms with Crippen LogP contribution in [0.15, 0.2) is 29.8 Å². The van der Waals surface area contributed by atoms with Gasteiger partial charge in [0.2, 0.25) is 0 Å². The van der Waals surface area contributed by atoms with Crippen molar-refractivity contribution in [2.45, 2.75) is 0 Å². The Kier molecular flexibility index (Phi) is 4.42. The van der Waals surface area contributed by atoms with E-state index in [4.69, 9.17) is 0 Å². The van der Waals surface area contributed by atoms with Gasteiger partial charge in [0.25, 0.3) is 0 Å². The van der Waals surface area contributed by atoms with Gasteiger partial charge in [-0.1, -0.05) is 12.1 Å². The second kappa shape index (κ2) is 4.54. The molecule has 0 fully saturated rings. The minimum Gasteiger partial charge on any atom is -0.245 e. The number of hydrogen-bond acceptors (Lipinski definition) is 2. The average molecular weight is 208 g/mol. The molecule has 0 spiro atoms. The lowest BCUT2D eigenvalue weighted by molar-refractivity contribution is 1.50. The summed E-state index contributed by atoms with van der Waals surface area (Å²) in [5.41, 5.74) is 2.97. The average Bonchev–Trinajstić information content (AvgIpc) is 2.33. The molecule has 4 heteroatoms. The molecule has 0 radical (unpaired) electrons. The third kappa shape index (κ3) is 2.06. The van der Waals surface area contributed by atoms with Gasteiger partial charge in [-0.05, 0) is 12.1 Å². The summed E-state index contributed by atoms with van der Waals surface area (Å²) in [7, 11) is 0. The fourth-order valence-corrected chi connectivity index (χ4v) is 1.48. The van der Waals surface area contributed by atoms with Crippen LogP contribution in [0.3, 0.4) is 0 Å². The van der Waals surface area contributed by atoms with E-state index in [-0.39, 0.29) is 24.8 Å². The molecule has 0 atom stereocenters. The van der Waals surface area contributed by atoms with Gasteiger partial charge in [-0.15, -0.1) is 36.2 Å². The molecule has 0 saturated heterocycles. The zero-order valence-electron chi connectivity index (χ0n) is 5.56. The lowest BCUT2D eigenvalue weighted by Gasteiger charge is -1.80. The van der Waals surface area contributed by atoms with Crippen LogP contribution in [0.25, 0.3) is 10.2 Å². The molecular formula is C7H7Cl2NS. The van der Waals surface area contributed by atoms with Crippen molar-refractivity contribution in [1.29, 1.82) is 0 Å². The van der Waals surface area contributed by atoms with E-state index in [1.807, 2.05) is 23.7 Å². The molecule has 0 aliphatic carbocycles. The van der Waals surface area contributed by atoms with Crippen molar-refractivity contribution < 1.29 is 0 Å². The summed E-state index contributed by atoms with van der Waals surface area (Å²) in [5, 5.41) is 0. The molecule has 1 nitrogen and oxygen atoms in total. The Labute approximate surface area is 81.3 Å². The molecular weight excluding hydrogens is 201 g/mol. The molecule has 0 saturated carbocycles. The molecule has 0 aliphatic rings. The van der Waals surface area contributed by atoms with Gasteiger partial charge >= 0.3 is 0 Å². The molecule has 1 aromatic heterocycles. The van der Waals surface area contributed by atoms with E-state index in [1.165, 1.54) is 4.70 Å². The first-order chi connectivity index (χ1) is 4.47. The minimum absolute atomic E-state index is 0. The molecule has 0 bridgehead atoms. The normalized spacial score (nSPS) is 8.36. The summed E-state index contributed by atoms with van der Waals surface area (Å²) in [6.45, 7) is 0. The highest BCUT2D eigenvalue weighted by Crippen LogP contribution is 2.15. The molecule has 0 N–H and O–H groups in total. The number of aromatic nitrogens is 1. The van der Waals surface area contributed by atoms with Crippen molar-refractivity contribution in [3.05, 3.63) is 29.8 Å². The molecule has 0 aliphatic heterocycles. The highest BCUT2D eigenvalue weighted by molar-refractivity contribution is 7.16. The fraction of sp³-hybridized carbons (Fsp3) is 0. The quantitative estimate of drug-likeness (QED) is 0.648. The Hall–Kier alpha value is -0.310. The number of hydrogen-bond donors (Lipinski definition) is 0. The Morgan fingerprint density at radius 1 is 1.09 bits per heavy atom. The Morgan fingerprint density at radius 3 is 2.55 bits per heavy atom. The maximum absolute atomic E-state index is 4.14. The second-order valence-electron chi connectivity index (χ2n) is 1.82. The van der Waals surface area contributed by atoms with Crippen LogP contribution in [-0.2, 0) is 0 Å². The van der Waals surface area contributed by atoms with Gasteiger partial charge in [-0.3, -0.25) is 0 Å². The summed E-state index contributed by atoms with van der Waals surface area (Å²) < 4.78 is 1.26. The van der Waals surface area contributed by atoms with Gasteiger partial charge in [-0.2, -0.15) is 0 Å². The van der Waals surface area contributed by atoms with Crippen LogP contribution in [0.4, 0.5) is 0 Å². The first-order valence-corrected chi connectivity index (χ1v) is 3.63. The van der Waals surface area contributed by atoms with Gasteiger partial charge in [0, 0.05) is 0 Å². The van der Waals surface area contributed by atoms with Crippen LogP contribution in [0.1, 0.15) is 0 Å². The van der Waals surface area contributed by atoms with Crippen molar-refractivity contribution in [2.24, 2.45) is 0 Å². The van der Waals surface area contributed by atoms with Gasteiger partial charge in [0.1, 0.15) is 0 Å². The van der Waals surface area contributed by atoms with Crippen LogP contribution in [0.2, 0.25) is 0 Å². The van der Waals surface area contributed by atoms with Crippen molar-refractivity contribution in [2.75, 3.05) is 0 Å². The number of fused-ring (bicyclic) bond motifs is 1. The highest BCUT2D eigenvalue weighted by Gasteiger charge is 1.89. The fourth-order valence-electron chi connectivity index (χ4n) is 0.803. The zero-order valence-corrected chi connectivity index (χ0v) is 8.01. The molecule has 1 aromatic carbocycles. The highest BCUT2D eigenvalue weighted by atomic mass is 35.5. The zero-order chi connectivity index (χ0) is 6.10. The number of para-hydroxylation sites is 1. The smallest absolute Gasteiger partial charge is 0.0812 e. The van der Waals surface area contributed by atoms with E-state index in [0.29, 0.717) is 0 Å². The number of benzene rings is 1. The van der Waals surface area contributed by atoms with Crippen molar-refractivity contribution in [3.8, 4) is 0 Å². The van der Waals surface area contributed by atoms with Gasteiger partial charge in [-0.25, -0.2) is 4.98 Å². The van der Waals surface area contributed by atoms with Crippen molar-refractivity contribution >= 4 is 46.4 Å². The van der Waals surface area contributed by atoms with E-state index in [9.17, 15) is 0 Å². The predicted molar refractivity (Wildman–Crippen MR) is 54.1 cm³/mol. The third-order valence-corrected chi connectivity index (χ3v) is 2.05. The van der Waals surface area contributed by atoms with Crippen LogP contribution in [-0.4, -0.2) is 4.98 Å². The Balaban J connectivity index is 0.000000500. The third-order valence-electron chi connectivity index (χ3n) is 1.24. The van der Waals surface area contributed by atoms with Crippen LogP contribution < -0.4 is 0 Å². The molecule has 2 rings (SSSR count). The first kappa shape index (κ1) is 10.7. The summed E-state index contributed by atoms with van der Waals surface area (Å²) in [6, 6.07) is 8.13. The summed E-state index contributed by atoms with van der Waals surface area (Å²) in [5.74, 6) is 0. The second-order valence-corrected chi connectivity index (χ2v) is 2.71. The number of nitrogens with zero attached hydrogens (tertiary/aromatic N) is 1. The summed E-state index contributed by atoms with van der Waals surface area (Å²) >= 11 is 1.68. The maximum atomic E-state index is 4.14. The van der Waals surface area contributed by atoms with Crippen LogP contribution in [0.5, 0.6) is 0 Å². The first-order valence-electron chi connectivity index (χ1n) is 2.75. The van der Waals surface area contributed by atoms with E-state index in [2.05, 4.69) is 11.1 Å². The Bertz CT molecular complexity index is 290. The number of thiazole rings is 1. The Morgan fingerprint density at radius 2 is 1.82 bits per heavy atom. The van der Waals surface area contributed by atoms with E-state index < -0.39 is 0 Å². The van der Waals surface area contributed by atoms with E-state index in [0.717, 1.165) is 5.52 Å². The molecule has 0 amide bonds. The largest absolute Gasteiger partial charge is 0.245 e. The molecule has 11 heavy (non-hydrogen) atoms. The lowest BCUT2D eigenvalue weighted by Crippen LogP contribution is -1.61. The van der Waals surface area contributed by atoms with E-state index in [1.54, 1.807) is 11.3 Å². The minimum atomic E-state index is 0. The SMILES string of the molecule is Cl.Cl.c1ccc2scnc2c1. The van der Waals surface area contributed by atoms with Gasteiger partial charge in [0.15, 0.2) is 0 Å². The van der Waals surface area contributed by atoms with Crippen molar-refractivity contribution in [1.82, 2.24) is 4.98 Å². The molecule has 2 aromatic rings. The number of rotatable bonds is 0. The molecule has 1 heterocycles. The summed E-state index contributed by atoms with van der Waals surface area (Å²) in [4.78, 5) is 4.14. The molecule has 0 unspecified atom stereocenters. The molecule has 60 valence electrons.